The van der Waals surface area contributed by atoms with Crippen LogP contribution < -0.4 is 5.32 Å². The van der Waals surface area contributed by atoms with Crippen molar-refractivity contribution in [2.24, 2.45) is 0 Å². The lowest BCUT2D eigenvalue weighted by Gasteiger charge is -2.40. The van der Waals surface area contributed by atoms with Crippen LogP contribution in [0.2, 0.25) is 0 Å². The normalized spacial score (nSPS) is 16.2. The molecule has 0 bridgehead atoms. The Hall–Kier alpha value is -0.750. The van der Waals surface area contributed by atoms with Crippen molar-refractivity contribution in [2.45, 2.75) is 119 Å². The number of rotatable bonds is 9. The van der Waals surface area contributed by atoms with Crippen LogP contribution >= 0.6 is 8.53 Å². The monoisotopic (exact) mass is 420 g/mol. The Morgan fingerprint density at radius 1 is 0.893 bits per heavy atom. The molecule has 0 saturated heterocycles. The van der Waals surface area contributed by atoms with E-state index in [1.165, 1.54) is 6.92 Å². The summed E-state index contributed by atoms with van der Waals surface area (Å²) >= 11 is 0. The number of carbonyl (C=O) groups is 2. The fourth-order valence-corrected chi connectivity index (χ4v) is 4.39. The molecule has 3 atom stereocenters. The summed E-state index contributed by atoms with van der Waals surface area (Å²) in [6.07, 6.45) is -1.23. The number of hydrogen-bond acceptors (Lipinski definition) is 6. The largest absolute Gasteiger partial charge is 0.444 e. The lowest BCUT2D eigenvalue weighted by Crippen LogP contribution is -2.49. The summed E-state index contributed by atoms with van der Waals surface area (Å²) < 4.78 is 19.9. The van der Waals surface area contributed by atoms with Gasteiger partial charge in [0.25, 0.3) is 8.53 Å². The summed E-state index contributed by atoms with van der Waals surface area (Å²) in [6.45, 7) is 22.7. The SMILES string of the molecule is CC(=O)[C@@H](NC(=O)OC(C)(C)C)[C@@H](C)OP(OC(C)(C)C)N(C(C)C)C(C)C. The van der Waals surface area contributed by atoms with E-state index in [1.807, 2.05) is 20.8 Å². The summed E-state index contributed by atoms with van der Waals surface area (Å²) in [5.74, 6) is -0.204. The lowest BCUT2D eigenvalue weighted by atomic mass is 10.1. The molecule has 0 aliphatic heterocycles. The van der Waals surface area contributed by atoms with Gasteiger partial charge in [-0.05, 0) is 83.1 Å². The van der Waals surface area contributed by atoms with Crippen molar-refractivity contribution < 1.29 is 23.4 Å². The minimum absolute atomic E-state index is 0.190. The molecule has 8 heteroatoms. The average Bonchev–Trinajstić information content (AvgIpc) is 2.39. The molecule has 7 nitrogen and oxygen atoms in total. The molecule has 0 rings (SSSR count). The number of alkyl carbamates (subject to hydrolysis) is 1. The number of nitrogens with one attached hydrogen (secondary N) is 1. The number of carbonyl (C=O) groups excluding carboxylic acids is 2. The van der Waals surface area contributed by atoms with Crippen LogP contribution in [0.5, 0.6) is 0 Å². The van der Waals surface area contributed by atoms with Gasteiger partial charge in [-0.2, -0.15) is 0 Å². The van der Waals surface area contributed by atoms with Gasteiger partial charge in [-0.1, -0.05) is 0 Å². The van der Waals surface area contributed by atoms with E-state index in [0.717, 1.165) is 0 Å². The van der Waals surface area contributed by atoms with E-state index in [-0.39, 0.29) is 17.9 Å². The van der Waals surface area contributed by atoms with Crippen molar-refractivity contribution in [3.63, 3.8) is 0 Å². The van der Waals surface area contributed by atoms with Crippen molar-refractivity contribution in [2.75, 3.05) is 0 Å². The van der Waals surface area contributed by atoms with Gasteiger partial charge in [-0.15, -0.1) is 0 Å². The second-order valence-corrected chi connectivity index (χ2v) is 10.9. The standard InChI is InChI=1S/C20H41N2O5P/c1-13(2)22(14(3)4)28(27-20(10,11)12)26-16(6)17(15(5)23)21-18(24)25-19(7,8)9/h13-14,16-17H,1-12H3,(H,21,24)/t16-,17-,28?/m1/s1. The van der Waals surface area contributed by atoms with Gasteiger partial charge in [-0.3, -0.25) is 4.79 Å². The molecule has 0 aromatic carbocycles. The Morgan fingerprint density at radius 2 is 1.36 bits per heavy atom. The van der Waals surface area contributed by atoms with Crippen LogP contribution in [-0.2, 0) is 18.6 Å². The van der Waals surface area contributed by atoms with Gasteiger partial charge in [-0.25, -0.2) is 9.46 Å². The fraction of sp³-hybridized carbons (Fsp3) is 0.900. The number of Topliss-reactive ketones (excluding diaryl/α,β-unsaturated/α-hetero) is 1. The van der Waals surface area contributed by atoms with E-state index in [2.05, 4.69) is 37.7 Å². The van der Waals surface area contributed by atoms with Crippen LogP contribution in [0.25, 0.3) is 0 Å². The number of ketones is 1. The first-order valence-corrected chi connectivity index (χ1v) is 11.0. The molecule has 1 unspecified atom stereocenters. The van der Waals surface area contributed by atoms with Crippen LogP contribution in [0.3, 0.4) is 0 Å². The van der Waals surface area contributed by atoms with Gasteiger partial charge < -0.3 is 19.1 Å². The number of hydrogen-bond donors (Lipinski definition) is 1. The van der Waals surface area contributed by atoms with Crippen LogP contribution in [0.4, 0.5) is 4.79 Å². The highest BCUT2D eigenvalue weighted by Crippen LogP contribution is 2.50. The number of ether oxygens (including phenoxy) is 1. The third-order valence-electron chi connectivity index (χ3n) is 3.43. The first-order chi connectivity index (χ1) is 12.4. The fourth-order valence-electron chi connectivity index (χ4n) is 2.52. The number of amides is 1. The van der Waals surface area contributed by atoms with Crippen molar-refractivity contribution >= 4 is 20.4 Å². The molecule has 166 valence electrons. The van der Waals surface area contributed by atoms with Gasteiger partial charge in [0.05, 0.1) is 11.7 Å². The molecular formula is C20H41N2O5P. The highest BCUT2D eigenvalue weighted by atomic mass is 31.2. The van der Waals surface area contributed by atoms with Gasteiger partial charge in [0.2, 0.25) is 0 Å². The molecule has 0 heterocycles. The predicted molar refractivity (Wildman–Crippen MR) is 114 cm³/mol. The first-order valence-electron chi connectivity index (χ1n) is 9.89. The lowest BCUT2D eigenvalue weighted by molar-refractivity contribution is -0.121. The minimum Gasteiger partial charge on any atom is -0.444 e. The summed E-state index contributed by atoms with van der Waals surface area (Å²) in [5.41, 5.74) is -1.07. The third kappa shape index (κ3) is 10.7. The maximum absolute atomic E-state index is 12.2. The van der Waals surface area contributed by atoms with Crippen molar-refractivity contribution in [1.82, 2.24) is 9.99 Å². The zero-order valence-corrected chi connectivity index (χ0v) is 20.6. The van der Waals surface area contributed by atoms with Gasteiger partial charge in [0.15, 0.2) is 5.78 Å². The quantitative estimate of drug-likeness (QED) is 0.527. The molecule has 0 saturated carbocycles. The summed E-state index contributed by atoms with van der Waals surface area (Å²) in [6, 6.07) is -0.449. The van der Waals surface area contributed by atoms with Crippen molar-refractivity contribution in [3.8, 4) is 0 Å². The van der Waals surface area contributed by atoms with Crippen LogP contribution in [0.15, 0.2) is 0 Å². The summed E-state index contributed by atoms with van der Waals surface area (Å²) in [7, 11) is -1.45. The first kappa shape index (κ1) is 27.2. The van der Waals surface area contributed by atoms with E-state index in [4.69, 9.17) is 13.8 Å². The van der Waals surface area contributed by atoms with E-state index < -0.39 is 38.0 Å². The maximum atomic E-state index is 12.2. The molecule has 28 heavy (non-hydrogen) atoms. The molecule has 0 aromatic rings. The molecule has 0 radical (unpaired) electrons. The zero-order valence-electron chi connectivity index (χ0n) is 19.7. The molecule has 0 aromatic heterocycles. The number of nitrogens with zero attached hydrogens (tertiary/aromatic N) is 1. The Bertz CT molecular complexity index is 504. The summed E-state index contributed by atoms with van der Waals surface area (Å²) in [5, 5.41) is 2.64. The van der Waals surface area contributed by atoms with Crippen LogP contribution in [0.1, 0.15) is 83.1 Å². The van der Waals surface area contributed by atoms with Gasteiger partial charge in [0, 0.05) is 12.1 Å². The summed E-state index contributed by atoms with van der Waals surface area (Å²) in [4.78, 5) is 24.4. The highest BCUT2D eigenvalue weighted by molar-refractivity contribution is 7.44. The molecule has 1 amide bonds. The third-order valence-corrected chi connectivity index (χ3v) is 5.95. The van der Waals surface area contributed by atoms with Gasteiger partial charge >= 0.3 is 6.09 Å². The Labute approximate surface area is 172 Å². The second kappa shape index (κ2) is 10.9. The van der Waals surface area contributed by atoms with Crippen LogP contribution in [-0.4, -0.2) is 52.0 Å². The van der Waals surface area contributed by atoms with E-state index in [9.17, 15) is 9.59 Å². The van der Waals surface area contributed by atoms with Crippen LogP contribution in [0, 0.1) is 0 Å². The van der Waals surface area contributed by atoms with Crippen molar-refractivity contribution in [3.05, 3.63) is 0 Å². The topological polar surface area (TPSA) is 77.1 Å². The maximum Gasteiger partial charge on any atom is 0.408 e. The van der Waals surface area contributed by atoms with Gasteiger partial charge in [0.1, 0.15) is 11.6 Å². The van der Waals surface area contributed by atoms with E-state index in [1.54, 1.807) is 27.7 Å². The van der Waals surface area contributed by atoms with E-state index >= 15 is 0 Å². The average molecular weight is 421 g/mol. The molecular weight excluding hydrogens is 379 g/mol. The highest BCUT2D eigenvalue weighted by Gasteiger charge is 2.36. The Morgan fingerprint density at radius 3 is 1.68 bits per heavy atom. The minimum atomic E-state index is -1.45. The molecule has 0 fully saturated rings. The zero-order chi connectivity index (χ0) is 22.4. The second-order valence-electron chi connectivity index (χ2n) is 9.55. The Balaban J connectivity index is 5.49. The van der Waals surface area contributed by atoms with Crippen molar-refractivity contribution in [1.29, 1.82) is 0 Å². The molecule has 0 aliphatic rings. The smallest absolute Gasteiger partial charge is 0.408 e. The predicted octanol–water partition coefficient (Wildman–Crippen LogP) is 5.03. The molecule has 0 spiro atoms. The Kier molecular flexibility index (Phi) is 10.6. The molecule has 0 aliphatic carbocycles. The molecule has 1 N–H and O–H groups in total. The van der Waals surface area contributed by atoms with E-state index in [0.29, 0.717) is 0 Å².